The van der Waals surface area contributed by atoms with Gasteiger partial charge in [-0.2, -0.15) is 0 Å². The van der Waals surface area contributed by atoms with Crippen LogP contribution >= 0.6 is 0 Å². The van der Waals surface area contributed by atoms with Crippen LogP contribution in [0.1, 0.15) is 31.2 Å². The molecule has 2 atom stereocenters. The van der Waals surface area contributed by atoms with Gasteiger partial charge in [0.15, 0.2) is 0 Å². The Morgan fingerprint density at radius 2 is 2.19 bits per heavy atom. The molecule has 0 aliphatic carbocycles. The zero-order valence-corrected chi connectivity index (χ0v) is 16.2. The minimum absolute atomic E-state index is 0.0793. The normalized spacial score (nSPS) is 30.5. The monoisotopic (exact) mass is 360 g/mol. The van der Waals surface area contributed by atoms with Gasteiger partial charge in [-0.05, 0) is 57.0 Å². The summed E-state index contributed by atoms with van der Waals surface area (Å²) in [6, 6.07) is 6.28. The molecule has 5 heteroatoms. The van der Waals surface area contributed by atoms with E-state index < -0.39 is 0 Å². The third-order valence-corrected chi connectivity index (χ3v) is 6.16. The number of ether oxygens (including phenoxy) is 3. The van der Waals surface area contributed by atoms with Gasteiger partial charge in [-0.3, -0.25) is 4.90 Å². The fourth-order valence-electron chi connectivity index (χ4n) is 4.66. The summed E-state index contributed by atoms with van der Waals surface area (Å²) < 4.78 is 17.8. The van der Waals surface area contributed by atoms with E-state index in [-0.39, 0.29) is 5.60 Å². The summed E-state index contributed by atoms with van der Waals surface area (Å²) in [6.07, 6.45) is 4.59. The lowest BCUT2D eigenvalue weighted by Crippen LogP contribution is -2.47. The predicted molar refractivity (Wildman–Crippen MR) is 102 cm³/mol. The van der Waals surface area contributed by atoms with Crippen molar-refractivity contribution in [1.29, 1.82) is 0 Å². The maximum atomic E-state index is 6.75. The standard InChI is InChI=1S/C21H32N2O3/c1-22-9-3-7-21(8-10-22)16-23(13-17-6-11-25-15-17)14-18-12-19(24-2)4-5-20(18)26-21/h4-5,12,17H,3,6-11,13-16H2,1-2H3/t17-,21-/m1/s1. The molecule has 1 aromatic carbocycles. The Labute approximate surface area is 157 Å². The molecule has 3 aliphatic heterocycles. The van der Waals surface area contributed by atoms with Crippen molar-refractivity contribution in [3.8, 4) is 11.5 Å². The largest absolute Gasteiger partial charge is 0.497 e. The Morgan fingerprint density at radius 3 is 3.00 bits per heavy atom. The summed E-state index contributed by atoms with van der Waals surface area (Å²) in [4.78, 5) is 5.04. The molecule has 144 valence electrons. The van der Waals surface area contributed by atoms with Gasteiger partial charge in [0.25, 0.3) is 0 Å². The average molecular weight is 360 g/mol. The van der Waals surface area contributed by atoms with E-state index in [9.17, 15) is 0 Å². The van der Waals surface area contributed by atoms with E-state index in [4.69, 9.17) is 14.2 Å². The molecule has 0 aromatic heterocycles. The molecule has 0 amide bonds. The van der Waals surface area contributed by atoms with Crippen molar-refractivity contribution in [2.24, 2.45) is 5.92 Å². The van der Waals surface area contributed by atoms with Gasteiger partial charge in [-0.25, -0.2) is 0 Å². The van der Waals surface area contributed by atoms with Crippen LogP contribution in [0.25, 0.3) is 0 Å². The maximum absolute atomic E-state index is 6.75. The second-order valence-electron chi connectivity index (χ2n) is 8.31. The molecule has 3 heterocycles. The van der Waals surface area contributed by atoms with Gasteiger partial charge in [0.05, 0.1) is 13.7 Å². The van der Waals surface area contributed by atoms with Crippen molar-refractivity contribution in [1.82, 2.24) is 9.80 Å². The zero-order valence-electron chi connectivity index (χ0n) is 16.2. The van der Waals surface area contributed by atoms with E-state index in [0.29, 0.717) is 5.92 Å². The van der Waals surface area contributed by atoms with E-state index in [1.54, 1.807) is 7.11 Å². The lowest BCUT2D eigenvalue weighted by atomic mass is 9.93. The summed E-state index contributed by atoms with van der Waals surface area (Å²) in [7, 11) is 3.96. The van der Waals surface area contributed by atoms with Crippen molar-refractivity contribution in [2.75, 3.05) is 53.6 Å². The van der Waals surface area contributed by atoms with Crippen molar-refractivity contribution < 1.29 is 14.2 Å². The third kappa shape index (κ3) is 4.00. The van der Waals surface area contributed by atoms with Crippen LogP contribution in [0, 0.1) is 5.92 Å². The summed E-state index contributed by atoms with van der Waals surface area (Å²) in [5.74, 6) is 2.60. The van der Waals surface area contributed by atoms with Crippen molar-refractivity contribution in [3.63, 3.8) is 0 Å². The number of rotatable bonds is 3. The Kier molecular flexibility index (Phi) is 5.39. The molecule has 1 aromatic rings. The minimum Gasteiger partial charge on any atom is -0.497 e. The molecule has 2 fully saturated rings. The predicted octanol–water partition coefficient (Wildman–Crippen LogP) is 2.78. The zero-order chi connectivity index (χ0) is 18.0. The number of hydrogen-bond donors (Lipinski definition) is 0. The first kappa shape index (κ1) is 18.1. The number of likely N-dealkylation sites (tertiary alicyclic amines) is 1. The molecular formula is C21H32N2O3. The number of hydrogen-bond acceptors (Lipinski definition) is 5. The summed E-state index contributed by atoms with van der Waals surface area (Å²) in [5.41, 5.74) is 1.17. The van der Waals surface area contributed by atoms with Crippen LogP contribution in [0.3, 0.4) is 0 Å². The van der Waals surface area contributed by atoms with E-state index >= 15 is 0 Å². The van der Waals surface area contributed by atoms with E-state index in [2.05, 4.69) is 29.0 Å². The van der Waals surface area contributed by atoms with Gasteiger partial charge < -0.3 is 19.1 Å². The molecule has 0 N–H and O–H groups in total. The third-order valence-electron chi connectivity index (χ3n) is 6.16. The lowest BCUT2D eigenvalue weighted by molar-refractivity contribution is 0.0196. The molecule has 2 saturated heterocycles. The van der Waals surface area contributed by atoms with Crippen LogP contribution in [0.4, 0.5) is 0 Å². The smallest absolute Gasteiger partial charge is 0.124 e. The summed E-state index contributed by atoms with van der Waals surface area (Å²) >= 11 is 0. The SMILES string of the molecule is COc1ccc2c(c1)CN(C[C@H]1CCOC1)C[C@]1(CCCN(C)CC1)O2. The first-order valence-electron chi connectivity index (χ1n) is 10.0. The van der Waals surface area contributed by atoms with Crippen LogP contribution in [-0.4, -0.2) is 69.0 Å². The Balaban J connectivity index is 1.62. The lowest BCUT2D eigenvalue weighted by Gasteiger charge is -2.36. The van der Waals surface area contributed by atoms with Crippen LogP contribution < -0.4 is 9.47 Å². The first-order valence-corrected chi connectivity index (χ1v) is 10.0. The summed E-state index contributed by atoms with van der Waals surface area (Å²) in [6.45, 7) is 7.11. The molecule has 4 rings (SSSR count). The number of methoxy groups -OCH3 is 1. The molecule has 0 bridgehead atoms. The van der Waals surface area contributed by atoms with Gasteiger partial charge in [0.2, 0.25) is 0 Å². The molecule has 3 aliphatic rings. The highest BCUT2D eigenvalue weighted by Gasteiger charge is 2.39. The molecule has 0 radical (unpaired) electrons. The van der Waals surface area contributed by atoms with Crippen molar-refractivity contribution >= 4 is 0 Å². The van der Waals surface area contributed by atoms with Crippen LogP contribution in [0.15, 0.2) is 18.2 Å². The van der Waals surface area contributed by atoms with Crippen molar-refractivity contribution in [2.45, 2.75) is 37.8 Å². The van der Waals surface area contributed by atoms with Gasteiger partial charge in [0.1, 0.15) is 17.1 Å². The molecule has 0 unspecified atom stereocenters. The van der Waals surface area contributed by atoms with E-state index in [1.807, 2.05) is 6.07 Å². The van der Waals surface area contributed by atoms with Crippen LogP contribution in [-0.2, 0) is 11.3 Å². The molecule has 5 nitrogen and oxygen atoms in total. The van der Waals surface area contributed by atoms with E-state index in [1.165, 1.54) is 18.4 Å². The quantitative estimate of drug-likeness (QED) is 0.828. The maximum Gasteiger partial charge on any atom is 0.124 e. The highest BCUT2D eigenvalue weighted by atomic mass is 16.5. The number of fused-ring (bicyclic) bond motifs is 1. The highest BCUT2D eigenvalue weighted by Crippen LogP contribution is 2.37. The topological polar surface area (TPSA) is 34.2 Å². The van der Waals surface area contributed by atoms with E-state index in [0.717, 1.165) is 70.3 Å². The second kappa shape index (κ2) is 7.75. The molecule has 0 saturated carbocycles. The fraction of sp³-hybridized carbons (Fsp3) is 0.714. The number of benzene rings is 1. The Hall–Kier alpha value is -1.30. The Morgan fingerprint density at radius 1 is 1.27 bits per heavy atom. The average Bonchev–Trinajstić information content (AvgIpc) is 3.01. The van der Waals surface area contributed by atoms with Crippen molar-refractivity contribution in [3.05, 3.63) is 23.8 Å². The van der Waals surface area contributed by atoms with Gasteiger partial charge >= 0.3 is 0 Å². The van der Waals surface area contributed by atoms with Crippen LogP contribution in [0.2, 0.25) is 0 Å². The number of nitrogens with zero attached hydrogens (tertiary/aromatic N) is 2. The highest BCUT2D eigenvalue weighted by molar-refractivity contribution is 5.41. The van der Waals surface area contributed by atoms with Gasteiger partial charge in [-0.1, -0.05) is 0 Å². The minimum atomic E-state index is -0.0793. The molecule has 1 spiro atoms. The van der Waals surface area contributed by atoms with Gasteiger partial charge in [0, 0.05) is 44.8 Å². The fourth-order valence-corrected chi connectivity index (χ4v) is 4.66. The van der Waals surface area contributed by atoms with Crippen LogP contribution in [0.5, 0.6) is 11.5 Å². The second-order valence-corrected chi connectivity index (χ2v) is 8.31. The van der Waals surface area contributed by atoms with Gasteiger partial charge in [-0.15, -0.1) is 0 Å². The molecule has 26 heavy (non-hydrogen) atoms. The Bertz CT molecular complexity index is 617. The summed E-state index contributed by atoms with van der Waals surface area (Å²) in [5, 5.41) is 0. The molecular weight excluding hydrogens is 328 g/mol. The first-order chi connectivity index (χ1) is 12.7.